The van der Waals surface area contributed by atoms with Crippen molar-refractivity contribution in [1.82, 2.24) is 10.2 Å². The Bertz CT molecular complexity index is 199. The minimum atomic E-state index is 0.258. The summed E-state index contributed by atoms with van der Waals surface area (Å²) in [4.78, 5) is 2.26. The molecule has 0 aromatic heterocycles. The van der Waals surface area contributed by atoms with Gasteiger partial charge in [0.2, 0.25) is 0 Å². The van der Waals surface area contributed by atoms with Crippen molar-refractivity contribution < 1.29 is 4.74 Å². The lowest BCUT2D eigenvalue weighted by atomic mass is 10.3. The van der Waals surface area contributed by atoms with E-state index in [0.29, 0.717) is 11.6 Å². The maximum atomic E-state index is 5.73. The molecule has 5 heteroatoms. The lowest BCUT2D eigenvalue weighted by Gasteiger charge is -2.30. The predicted molar refractivity (Wildman–Crippen MR) is 59.9 cm³/mol. The van der Waals surface area contributed by atoms with Crippen LogP contribution in [0.2, 0.25) is 0 Å². The number of rotatable bonds is 4. The van der Waals surface area contributed by atoms with Gasteiger partial charge in [-0.2, -0.15) is 0 Å². The molecule has 1 aliphatic heterocycles. The molecule has 82 valence electrons. The van der Waals surface area contributed by atoms with Crippen LogP contribution in [-0.2, 0) is 4.74 Å². The number of halogens is 2. The molecule has 0 aromatic carbocycles. The molecule has 1 fully saturated rings. The van der Waals surface area contributed by atoms with Gasteiger partial charge in [0.1, 0.15) is 0 Å². The first kappa shape index (κ1) is 12.3. The fraction of sp³-hybridized carbons (Fsp3) is 0.778. The molecular formula is C9H16Cl2N2O. The van der Waals surface area contributed by atoms with Gasteiger partial charge in [-0.05, 0) is 7.05 Å². The zero-order chi connectivity index (χ0) is 10.4. The Labute approximate surface area is 95.0 Å². The second kappa shape index (κ2) is 6.64. The summed E-state index contributed by atoms with van der Waals surface area (Å²) in [5.41, 5.74) is 1.38. The van der Waals surface area contributed by atoms with Crippen LogP contribution < -0.4 is 5.32 Å². The summed E-state index contributed by atoms with van der Waals surface area (Å²) >= 11 is 11.2. The van der Waals surface area contributed by atoms with Gasteiger partial charge in [-0.25, -0.2) is 0 Å². The molecule has 0 aromatic rings. The molecule has 0 spiro atoms. The number of hydrogen-bond acceptors (Lipinski definition) is 3. The molecule has 1 aliphatic rings. The molecule has 3 nitrogen and oxygen atoms in total. The van der Waals surface area contributed by atoms with Crippen LogP contribution in [0.1, 0.15) is 0 Å². The van der Waals surface area contributed by atoms with Crippen molar-refractivity contribution in [2.75, 3.05) is 39.8 Å². The number of likely N-dealkylation sites (N-methyl/N-ethyl adjacent to an activating group) is 1. The molecule has 0 radical (unpaired) electrons. The Balaban J connectivity index is 2.11. The summed E-state index contributed by atoms with van der Waals surface area (Å²) in [7, 11) is 2.10. The lowest BCUT2D eigenvalue weighted by molar-refractivity contribution is -0.0176. The van der Waals surface area contributed by atoms with E-state index in [1.807, 2.05) is 0 Å². The fourth-order valence-corrected chi connectivity index (χ4v) is 1.55. The average Bonchev–Trinajstić information content (AvgIpc) is 2.17. The van der Waals surface area contributed by atoms with Gasteiger partial charge in [-0.15, -0.1) is 0 Å². The molecule has 1 atom stereocenters. The first-order valence-corrected chi connectivity index (χ1v) is 5.49. The Hall–Kier alpha value is 0.200. The number of nitrogens with zero attached hydrogens (tertiary/aromatic N) is 1. The van der Waals surface area contributed by atoms with Gasteiger partial charge in [0.05, 0.1) is 12.7 Å². The topological polar surface area (TPSA) is 24.5 Å². The van der Waals surface area contributed by atoms with Gasteiger partial charge in [0, 0.05) is 36.7 Å². The molecule has 0 amide bonds. The minimum Gasteiger partial charge on any atom is -0.374 e. The van der Waals surface area contributed by atoms with E-state index in [2.05, 4.69) is 17.3 Å². The summed E-state index contributed by atoms with van der Waals surface area (Å²) in [6.45, 7) is 4.20. The maximum absolute atomic E-state index is 5.73. The van der Waals surface area contributed by atoms with E-state index >= 15 is 0 Å². The molecule has 14 heavy (non-hydrogen) atoms. The largest absolute Gasteiger partial charge is 0.374 e. The zero-order valence-electron chi connectivity index (χ0n) is 8.30. The average molecular weight is 239 g/mol. The van der Waals surface area contributed by atoms with E-state index in [1.165, 1.54) is 5.54 Å². The smallest absolute Gasteiger partial charge is 0.0826 e. The molecule has 0 bridgehead atoms. The summed E-state index contributed by atoms with van der Waals surface area (Å²) in [6, 6.07) is 0. The van der Waals surface area contributed by atoms with Crippen molar-refractivity contribution in [3.8, 4) is 0 Å². The van der Waals surface area contributed by atoms with Crippen LogP contribution in [0.15, 0.2) is 10.6 Å². The second-order valence-corrected chi connectivity index (χ2v) is 4.15. The third kappa shape index (κ3) is 4.62. The normalized spacial score (nSPS) is 25.4. The van der Waals surface area contributed by atoms with Crippen molar-refractivity contribution in [2.45, 2.75) is 6.10 Å². The molecule has 1 N–H and O–H groups in total. The maximum Gasteiger partial charge on any atom is 0.0826 e. The Morgan fingerprint density at radius 3 is 3.14 bits per heavy atom. The Morgan fingerprint density at radius 1 is 1.71 bits per heavy atom. The van der Waals surface area contributed by atoms with Gasteiger partial charge in [0.25, 0.3) is 0 Å². The molecule has 0 saturated carbocycles. The number of morpholine rings is 1. The van der Waals surface area contributed by atoms with E-state index in [1.54, 1.807) is 0 Å². The molecule has 0 aliphatic carbocycles. The molecule has 1 heterocycles. The van der Waals surface area contributed by atoms with E-state index in [9.17, 15) is 0 Å². The van der Waals surface area contributed by atoms with E-state index < -0.39 is 0 Å². The Kier molecular flexibility index (Phi) is 5.82. The highest BCUT2D eigenvalue weighted by molar-refractivity contribution is 6.36. The quantitative estimate of drug-likeness (QED) is 0.798. The summed E-state index contributed by atoms with van der Waals surface area (Å²) in [6.07, 6.45) is 0.258. The van der Waals surface area contributed by atoms with Crippen LogP contribution in [0.3, 0.4) is 0 Å². The Morgan fingerprint density at radius 2 is 2.50 bits per heavy atom. The van der Waals surface area contributed by atoms with Gasteiger partial charge < -0.3 is 15.0 Å². The first-order chi connectivity index (χ1) is 6.72. The first-order valence-electron chi connectivity index (χ1n) is 4.68. The van der Waals surface area contributed by atoms with Gasteiger partial charge in [0.15, 0.2) is 0 Å². The molecule has 1 unspecified atom stereocenters. The SMILES string of the molecule is CN1CCOC(CNCC(Cl)=CCl)C1. The van der Waals surface area contributed by atoms with Gasteiger partial charge in [-0.3, -0.25) is 0 Å². The van der Waals surface area contributed by atoms with Crippen molar-refractivity contribution >= 4 is 23.2 Å². The summed E-state index contributed by atoms with van der Waals surface area (Å²) in [5, 5.41) is 3.81. The highest BCUT2D eigenvalue weighted by Crippen LogP contribution is 2.03. The highest BCUT2D eigenvalue weighted by atomic mass is 35.5. The third-order valence-electron chi connectivity index (χ3n) is 2.13. The highest BCUT2D eigenvalue weighted by Gasteiger charge is 2.16. The number of nitrogens with one attached hydrogen (secondary N) is 1. The monoisotopic (exact) mass is 238 g/mol. The molecular weight excluding hydrogens is 223 g/mol. The second-order valence-electron chi connectivity index (χ2n) is 3.44. The molecule has 1 saturated heterocycles. The standard InChI is InChI=1S/C9H16Cl2N2O/c1-13-2-3-14-9(7-13)6-12-5-8(11)4-10/h4,9,12H,2-3,5-7H2,1H3. The van der Waals surface area contributed by atoms with Crippen LogP contribution >= 0.6 is 23.2 Å². The summed E-state index contributed by atoms with van der Waals surface area (Å²) < 4.78 is 5.56. The van der Waals surface area contributed by atoms with Crippen LogP contribution in [0.4, 0.5) is 0 Å². The summed E-state index contributed by atoms with van der Waals surface area (Å²) in [5.74, 6) is 0. The van der Waals surface area contributed by atoms with E-state index in [4.69, 9.17) is 27.9 Å². The van der Waals surface area contributed by atoms with Crippen molar-refractivity contribution in [2.24, 2.45) is 0 Å². The van der Waals surface area contributed by atoms with E-state index in [-0.39, 0.29) is 6.10 Å². The predicted octanol–water partition coefficient (Wildman–Crippen LogP) is 1.23. The van der Waals surface area contributed by atoms with Crippen LogP contribution in [0.5, 0.6) is 0 Å². The number of hydrogen-bond donors (Lipinski definition) is 1. The van der Waals surface area contributed by atoms with Crippen LogP contribution in [-0.4, -0.2) is 50.8 Å². The fourth-order valence-electron chi connectivity index (χ4n) is 1.38. The molecule has 1 rings (SSSR count). The van der Waals surface area contributed by atoms with E-state index in [0.717, 1.165) is 26.2 Å². The minimum absolute atomic E-state index is 0.258. The van der Waals surface area contributed by atoms with Crippen molar-refractivity contribution in [1.29, 1.82) is 0 Å². The van der Waals surface area contributed by atoms with Crippen molar-refractivity contribution in [3.63, 3.8) is 0 Å². The van der Waals surface area contributed by atoms with Gasteiger partial charge in [-0.1, -0.05) is 23.2 Å². The van der Waals surface area contributed by atoms with Gasteiger partial charge >= 0.3 is 0 Å². The van der Waals surface area contributed by atoms with Crippen LogP contribution in [0, 0.1) is 0 Å². The third-order valence-corrected chi connectivity index (χ3v) is 2.74. The van der Waals surface area contributed by atoms with Crippen molar-refractivity contribution in [3.05, 3.63) is 10.6 Å². The van der Waals surface area contributed by atoms with Crippen LogP contribution in [0.25, 0.3) is 0 Å². The zero-order valence-corrected chi connectivity index (χ0v) is 9.81. The lowest BCUT2D eigenvalue weighted by Crippen LogP contribution is -2.45. The number of ether oxygens (including phenoxy) is 1.